The molecule has 0 aliphatic heterocycles. The molecule has 0 radical (unpaired) electrons. The van der Waals surface area contributed by atoms with Crippen LogP contribution in [0.2, 0.25) is 0 Å². The van der Waals surface area contributed by atoms with Crippen LogP contribution in [0.25, 0.3) is 0 Å². The van der Waals surface area contributed by atoms with E-state index in [0.29, 0.717) is 0 Å². The van der Waals surface area contributed by atoms with Crippen LogP contribution in [0.1, 0.15) is 5.69 Å². The summed E-state index contributed by atoms with van der Waals surface area (Å²) in [5.41, 5.74) is 5.36. The fourth-order valence-electron chi connectivity index (χ4n) is 1.11. The highest BCUT2D eigenvalue weighted by Crippen LogP contribution is 2.20. The van der Waals surface area contributed by atoms with Gasteiger partial charge in [0.2, 0.25) is 0 Å². The predicted octanol–water partition coefficient (Wildman–Crippen LogP) is -0.844. The molecule has 0 aromatic carbocycles. The van der Waals surface area contributed by atoms with Gasteiger partial charge in [-0.2, -0.15) is 13.2 Å². The molecule has 1 rings (SSSR count). The summed E-state index contributed by atoms with van der Waals surface area (Å²) in [6.45, 7) is -0.807. The molecule has 2 atom stereocenters. The number of aliphatic carboxylic acids is 1. The minimum atomic E-state index is -4.75. The van der Waals surface area contributed by atoms with E-state index >= 15 is 0 Å². The van der Waals surface area contributed by atoms with Crippen molar-refractivity contribution in [1.82, 2.24) is 15.0 Å². The fourth-order valence-corrected chi connectivity index (χ4v) is 1.11. The van der Waals surface area contributed by atoms with Gasteiger partial charge in [-0.25, -0.2) is 4.68 Å². The van der Waals surface area contributed by atoms with Crippen molar-refractivity contribution in [2.75, 3.05) is 0 Å². The van der Waals surface area contributed by atoms with Crippen LogP contribution in [0.3, 0.4) is 0 Å². The van der Waals surface area contributed by atoms with E-state index in [2.05, 4.69) is 10.3 Å². The maximum atomic E-state index is 12.0. The fraction of sp³-hybridized carbons (Fsp3) is 0.625. The van der Waals surface area contributed by atoms with E-state index in [0.717, 1.165) is 10.9 Å². The van der Waals surface area contributed by atoms with Gasteiger partial charge in [0, 0.05) is 12.6 Å². The van der Waals surface area contributed by atoms with Crippen LogP contribution in [0.5, 0.6) is 0 Å². The Morgan fingerprint density at radius 1 is 1.56 bits per heavy atom. The van der Waals surface area contributed by atoms with Crippen molar-refractivity contribution < 1.29 is 28.2 Å². The normalized spacial score (nSPS) is 15.4. The summed E-state index contributed by atoms with van der Waals surface area (Å²) in [4.78, 5) is 10.5. The third-order valence-electron chi connectivity index (χ3n) is 2.07. The number of alkyl halides is 3. The number of hydrogen-bond donors (Lipinski definition) is 3. The van der Waals surface area contributed by atoms with Gasteiger partial charge in [0.1, 0.15) is 6.04 Å². The van der Waals surface area contributed by atoms with Crippen molar-refractivity contribution in [2.45, 2.75) is 31.3 Å². The average Bonchev–Trinajstić information content (AvgIpc) is 2.63. The minimum absolute atomic E-state index is 0.138. The van der Waals surface area contributed by atoms with Crippen molar-refractivity contribution >= 4 is 5.97 Å². The van der Waals surface area contributed by atoms with Crippen molar-refractivity contribution in [2.24, 2.45) is 5.73 Å². The standard InChI is InChI=1S/C8H11F3N4O3/c9-8(10,11)6(16)3-15-2-4(13-14-15)1-5(12)7(17)18/h2,5-6,16H,1,3,12H2,(H,17,18). The topological polar surface area (TPSA) is 114 Å². The lowest BCUT2D eigenvalue weighted by atomic mass is 10.2. The van der Waals surface area contributed by atoms with Crippen molar-refractivity contribution in [1.29, 1.82) is 0 Å². The molecule has 102 valence electrons. The average molecular weight is 268 g/mol. The number of hydrogen-bond acceptors (Lipinski definition) is 5. The molecule has 1 aromatic rings. The van der Waals surface area contributed by atoms with Gasteiger partial charge in [-0.1, -0.05) is 5.21 Å². The summed E-state index contributed by atoms with van der Waals surface area (Å²) >= 11 is 0. The second kappa shape index (κ2) is 5.31. The van der Waals surface area contributed by atoms with Gasteiger partial charge in [-0.3, -0.25) is 4.79 Å². The molecule has 0 amide bonds. The Bertz CT molecular complexity index is 420. The Morgan fingerprint density at radius 2 is 2.17 bits per heavy atom. The Kier molecular flexibility index (Phi) is 4.24. The number of aliphatic hydroxyl groups excluding tert-OH is 1. The smallest absolute Gasteiger partial charge is 0.416 e. The number of halogens is 3. The number of rotatable bonds is 5. The zero-order valence-corrected chi connectivity index (χ0v) is 9.00. The van der Waals surface area contributed by atoms with Gasteiger partial charge in [0.25, 0.3) is 0 Å². The molecular weight excluding hydrogens is 257 g/mol. The van der Waals surface area contributed by atoms with Crippen LogP contribution < -0.4 is 5.73 Å². The van der Waals surface area contributed by atoms with Gasteiger partial charge in [0.15, 0.2) is 6.10 Å². The van der Waals surface area contributed by atoms with Gasteiger partial charge in [-0.05, 0) is 0 Å². The van der Waals surface area contributed by atoms with E-state index in [1.165, 1.54) is 0 Å². The maximum Gasteiger partial charge on any atom is 0.416 e. The monoisotopic (exact) mass is 268 g/mol. The highest BCUT2D eigenvalue weighted by Gasteiger charge is 2.38. The van der Waals surface area contributed by atoms with Crippen LogP contribution in [0.15, 0.2) is 6.20 Å². The van der Waals surface area contributed by atoms with Gasteiger partial charge in [-0.15, -0.1) is 5.10 Å². The first-order valence-corrected chi connectivity index (χ1v) is 4.82. The second-order valence-corrected chi connectivity index (χ2v) is 3.64. The molecule has 0 aliphatic carbocycles. The summed E-state index contributed by atoms with van der Waals surface area (Å²) in [5, 5.41) is 24.1. The minimum Gasteiger partial charge on any atom is -0.480 e. The summed E-state index contributed by atoms with van der Waals surface area (Å²) in [6.07, 6.45) is -6.35. The highest BCUT2D eigenvalue weighted by atomic mass is 19.4. The lowest BCUT2D eigenvalue weighted by Crippen LogP contribution is -2.33. The molecule has 0 saturated heterocycles. The molecule has 1 aromatic heterocycles. The number of aromatic nitrogens is 3. The largest absolute Gasteiger partial charge is 0.480 e. The van der Waals surface area contributed by atoms with E-state index < -0.39 is 30.8 Å². The second-order valence-electron chi connectivity index (χ2n) is 3.64. The van der Waals surface area contributed by atoms with Gasteiger partial charge in [0.05, 0.1) is 12.2 Å². The highest BCUT2D eigenvalue weighted by molar-refractivity contribution is 5.73. The zero-order chi connectivity index (χ0) is 13.9. The van der Waals surface area contributed by atoms with Crippen LogP contribution in [0, 0.1) is 0 Å². The van der Waals surface area contributed by atoms with Gasteiger partial charge < -0.3 is 15.9 Å². The van der Waals surface area contributed by atoms with E-state index in [9.17, 15) is 18.0 Å². The third-order valence-corrected chi connectivity index (χ3v) is 2.07. The molecule has 4 N–H and O–H groups in total. The first-order chi connectivity index (χ1) is 8.20. The van der Waals surface area contributed by atoms with E-state index in [4.69, 9.17) is 15.9 Å². The Hall–Kier alpha value is -1.68. The molecule has 0 bridgehead atoms. The maximum absolute atomic E-state index is 12.0. The number of aliphatic hydroxyl groups is 1. The first kappa shape index (κ1) is 14.4. The number of nitrogens with zero attached hydrogens (tertiary/aromatic N) is 3. The van der Waals surface area contributed by atoms with Crippen LogP contribution in [-0.4, -0.2) is 49.5 Å². The Morgan fingerprint density at radius 3 is 2.67 bits per heavy atom. The SMILES string of the molecule is NC(Cc1cn(CC(O)C(F)(F)F)nn1)C(=O)O. The molecule has 0 saturated carbocycles. The summed E-state index contributed by atoms with van der Waals surface area (Å²) in [7, 11) is 0. The van der Waals surface area contributed by atoms with Crippen molar-refractivity contribution in [3.05, 3.63) is 11.9 Å². The zero-order valence-electron chi connectivity index (χ0n) is 9.00. The molecule has 0 fully saturated rings. The number of carboxylic acid groups (broad SMARTS) is 1. The molecule has 7 nitrogen and oxygen atoms in total. The molecule has 1 heterocycles. The summed E-state index contributed by atoms with van der Waals surface area (Å²) in [6, 6.07) is -1.21. The number of nitrogens with two attached hydrogens (primary N) is 1. The van der Waals surface area contributed by atoms with Crippen molar-refractivity contribution in [3.63, 3.8) is 0 Å². The van der Waals surface area contributed by atoms with E-state index in [1.807, 2.05) is 0 Å². The van der Waals surface area contributed by atoms with Crippen LogP contribution in [-0.2, 0) is 17.8 Å². The molecular formula is C8H11F3N4O3. The molecule has 0 aliphatic rings. The lowest BCUT2D eigenvalue weighted by molar-refractivity contribution is -0.208. The lowest BCUT2D eigenvalue weighted by Gasteiger charge is -2.13. The van der Waals surface area contributed by atoms with Crippen molar-refractivity contribution in [3.8, 4) is 0 Å². The predicted molar refractivity (Wildman–Crippen MR) is 51.4 cm³/mol. The van der Waals surface area contributed by atoms with Gasteiger partial charge >= 0.3 is 12.1 Å². The number of carboxylic acids is 1. The molecule has 2 unspecified atom stereocenters. The van der Waals surface area contributed by atoms with E-state index in [-0.39, 0.29) is 12.1 Å². The Labute approximate surface area is 99.0 Å². The number of carbonyl (C=O) groups is 1. The third kappa shape index (κ3) is 3.96. The molecule has 18 heavy (non-hydrogen) atoms. The Balaban J connectivity index is 2.61. The summed E-state index contributed by atoms with van der Waals surface area (Å²) in [5.74, 6) is -1.25. The quantitative estimate of drug-likeness (QED) is 0.641. The molecule has 0 spiro atoms. The molecule has 10 heteroatoms. The first-order valence-electron chi connectivity index (χ1n) is 4.82. The summed E-state index contributed by atoms with van der Waals surface area (Å²) < 4.78 is 36.9. The van der Waals surface area contributed by atoms with Crippen LogP contribution in [0.4, 0.5) is 13.2 Å². The van der Waals surface area contributed by atoms with E-state index in [1.54, 1.807) is 0 Å². The van der Waals surface area contributed by atoms with Crippen LogP contribution >= 0.6 is 0 Å².